The minimum atomic E-state index is 0.983. The Morgan fingerprint density at radius 1 is 0.375 bits per heavy atom. The summed E-state index contributed by atoms with van der Waals surface area (Å²) >= 11 is 0. The van der Waals surface area contributed by atoms with Gasteiger partial charge in [-0.2, -0.15) is 0 Å². The second-order valence-corrected chi connectivity index (χ2v) is 9.90. The maximum absolute atomic E-state index is 5.53. The summed E-state index contributed by atoms with van der Waals surface area (Å²) in [5.74, 6) is 0. The third-order valence-corrected chi connectivity index (χ3v) is 7.66. The molecule has 0 aliphatic carbocycles. The highest BCUT2D eigenvalue weighted by Crippen LogP contribution is 2.47. The van der Waals surface area contributed by atoms with Crippen LogP contribution in [0.3, 0.4) is 0 Å². The Morgan fingerprint density at radius 2 is 0.800 bits per heavy atom. The number of anilines is 6. The van der Waals surface area contributed by atoms with Crippen LogP contribution in [0.2, 0.25) is 0 Å². The van der Waals surface area contributed by atoms with Gasteiger partial charge in [-0.15, -0.1) is 0 Å². The van der Waals surface area contributed by atoms with E-state index >= 15 is 0 Å². The van der Waals surface area contributed by atoms with Gasteiger partial charge in [-0.3, -0.25) is 0 Å². The van der Waals surface area contributed by atoms with Crippen LogP contribution in [0.25, 0.3) is 32.3 Å². The van der Waals surface area contributed by atoms with Crippen LogP contribution < -0.4 is 9.80 Å². The van der Waals surface area contributed by atoms with E-state index in [1.165, 1.54) is 32.3 Å². The Morgan fingerprint density at radius 3 is 1.20 bits per heavy atom. The first kappa shape index (κ1) is 22.5. The molecular formula is C36H24N2O2. The fourth-order valence-corrected chi connectivity index (χ4v) is 5.94. The van der Waals surface area contributed by atoms with Crippen LogP contribution in [0.1, 0.15) is 0 Å². The molecular weight excluding hydrogens is 492 g/mol. The molecule has 0 N–H and O–H groups in total. The van der Waals surface area contributed by atoms with E-state index in [1.807, 2.05) is 24.3 Å². The summed E-state index contributed by atoms with van der Waals surface area (Å²) in [7, 11) is 0. The molecule has 0 spiro atoms. The monoisotopic (exact) mass is 516 g/mol. The standard InChI is InChI=1S/C36H24N2O2/c1-3-7-27(8-4-1)37(29-19-21-39-23-29)33-17-13-25-12-16-32-34(18-14-26-11-15-31(33)35(25)36(26)32)38(30-20-22-40-24-30)28-9-5-2-6-10-28/h1-24H. The molecule has 4 heteroatoms. The lowest BCUT2D eigenvalue weighted by atomic mass is 9.92. The minimum absolute atomic E-state index is 0.983. The van der Waals surface area contributed by atoms with E-state index in [0.717, 1.165) is 34.1 Å². The van der Waals surface area contributed by atoms with Crippen molar-refractivity contribution >= 4 is 66.4 Å². The van der Waals surface area contributed by atoms with E-state index in [4.69, 9.17) is 8.83 Å². The zero-order valence-electron chi connectivity index (χ0n) is 21.6. The number of rotatable bonds is 6. The van der Waals surface area contributed by atoms with Gasteiger partial charge in [-0.25, -0.2) is 0 Å². The third-order valence-electron chi connectivity index (χ3n) is 7.66. The molecule has 0 aliphatic heterocycles. The lowest BCUT2D eigenvalue weighted by molar-refractivity contribution is 0.567. The minimum Gasteiger partial charge on any atom is -0.470 e. The molecule has 0 saturated heterocycles. The van der Waals surface area contributed by atoms with Gasteiger partial charge in [0.25, 0.3) is 0 Å². The lowest BCUT2D eigenvalue weighted by Crippen LogP contribution is -2.10. The number of para-hydroxylation sites is 2. The molecule has 0 fully saturated rings. The number of hydrogen-bond acceptors (Lipinski definition) is 4. The predicted octanol–water partition coefficient (Wildman–Crippen LogP) is 10.7. The predicted molar refractivity (Wildman–Crippen MR) is 164 cm³/mol. The molecule has 6 aromatic carbocycles. The fraction of sp³-hybridized carbons (Fsp3) is 0. The smallest absolute Gasteiger partial charge is 0.114 e. The summed E-state index contributed by atoms with van der Waals surface area (Å²) < 4.78 is 11.1. The molecule has 4 nitrogen and oxygen atoms in total. The van der Waals surface area contributed by atoms with E-state index in [-0.39, 0.29) is 0 Å². The number of furan rings is 2. The Balaban J connectivity index is 1.42. The first-order valence-corrected chi connectivity index (χ1v) is 13.3. The highest BCUT2D eigenvalue weighted by molar-refractivity contribution is 6.28. The average molecular weight is 517 g/mol. The van der Waals surface area contributed by atoms with Crippen LogP contribution in [-0.2, 0) is 0 Å². The molecule has 0 amide bonds. The van der Waals surface area contributed by atoms with Crippen LogP contribution in [0, 0.1) is 0 Å². The summed E-state index contributed by atoms with van der Waals surface area (Å²) in [6.45, 7) is 0. The fourth-order valence-electron chi connectivity index (χ4n) is 5.94. The molecule has 2 aromatic heterocycles. The van der Waals surface area contributed by atoms with Crippen molar-refractivity contribution < 1.29 is 8.83 Å². The van der Waals surface area contributed by atoms with Crippen molar-refractivity contribution in [3.05, 3.63) is 146 Å². The summed E-state index contributed by atoms with van der Waals surface area (Å²) in [5, 5.41) is 7.30. The van der Waals surface area contributed by atoms with E-state index in [2.05, 4.69) is 107 Å². The van der Waals surface area contributed by atoms with Gasteiger partial charge in [0.05, 0.1) is 35.3 Å². The van der Waals surface area contributed by atoms with Gasteiger partial charge in [0.2, 0.25) is 0 Å². The quantitative estimate of drug-likeness (QED) is 0.206. The third kappa shape index (κ3) is 3.47. The highest BCUT2D eigenvalue weighted by Gasteiger charge is 2.22. The largest absolute Gasteiger partial charge is 0.470 e. The van der Waals surface area contributed by atoms with Gasteiger partial charge < -0.3 is 18.6 Å². The highest BCUT2D eigenvalue weighted by atomic mass is 16.3. The van der Waals surface area contributed by atoms with Crippen LogP contribution in [0.4, 0.5) is 34.1 Å². The molecule has 8 aromatic rings. The molecule has 0 radical (unpaired) electrons. The summed E-state index contributed by atoms with van der Waals surface area (Å²) in [4.78, 5) is 4.52. The Hall–Kier alpha value is -5.48. The Kier molecular flexibility index (Phi) is 5.10. The maximum atomic E-state index is 5.53. The van der Waals surface area contributed by atoms with E-state index in [9.17, 15) is 0 Å². The molecule has 40 heavy (non-hydrogen) atoms. The normalized spacial score (nSPS) is 11.5. The van der Waals surface area contributed by atoms with E-state index in [1.54, 1.807) is 25.1 Å². The van der Waals surface area contributed by atoms with Gasteiger partial charge in [0.1, 0.15) is 12.5 Å². The van der Waals surface area contributed by atoms with Crippen molar-refractivity contribution in [2.24, 2.45) is 0 Å². The summed E-state index contributed by atoms with van der Waals surface area (Å²) in [6.07, 6.45) is 7.04. The zero-order valence-corrected chi connectivity index (χ0v) is 21.6. The second-order valence-electron chi connectivity index (χ2n) is 9.90. The number of benzene rings is 6. The van der Waals surface area contributed by atoms with Crippen molar-refractivity contribution in [3.63, 3.8) is 0 Å². The van der Waals surface area contributed by atoms with Gasteiger partial charge in [0, 0.05) is 34.3 Å². The van der Waals surface area contributed by atoms with Crippen molar-refractivity contribution in [2.75, 3.05) is 9.80 Å². The van der Waals surface area contributed by atoms with Crippen LogP contribution in [0.5, 0.6) is 0 Å². The summed E-state index contributed by atoms with van der Waals surface area (Å²) in [5.41, 5.74) is 6.34. The van der Waals surface area contributed by atoms with Gasteiger partial charge in [-0.1, -0.05) is 72.8 Å². The van der Waals surface area contributed by atoms with Crippen LogP contribution in [0.15, 0.2) is 155 Å². The first-order chi connectivity index (χ1) is 19.9. The SMILES string of the molecule is c1ccc(N(c2ccoc2)c2ccc3ccc4c(N(c5ccccc5)c5ccoc5)ccc5ccc2c3c54)cc1. The molecule has 190 valence electrons. The molecule has 0 saturated carbocycles. The van der Waals surface area contributed by atoms with Gasteiger partial charge in [-0.05, 0) is 57.9 Å². The van der Waals surface area contributed by atoms with Crippen molar-refractivity contribution in [1.29, 1.82) is 0 Å². The second kappa shape index (κ2) is 9.07. The van der Waals surface area contributed by atoms with Gasteiger partial charge in [0.15, 0.2) is 0 Å². The first-order valence-electron chi connectivity index (χ1n) is 13.3. The molecule has 0 bridgehead atoms. The summed E-state index contributed by atoms with van der Waals surface area (Å²) in [6, 6.07) is 42.7. The Labute approximate surface area is 231 Å². The molecule has 0 unspecified atom stereocenters. The zero-order chi connectivity index (χ0) is 26.5. The van der Waals surface area contributed by atoms with E-state index < -0.39 is 0 Å². The molecule has 8 rings (SSSR count). The van der Waals surface area contributed by atoms with Crippen molar-refractivity contribution in [1.82, 2.24) is 0 Å². The van der Waals surface area contributed by atoms with Crippen molar-refractivity contribution in [2.45, 2.75) is 0 Å². The Bertz CT molecular complexity index is 1900. The molecule has 2 heterocycles. The topological polar surface area (TPSA) is 32.8 Å². The lowest BCUT2D eigenvalue weighted by Gasteiger charge is -2.28. The number of hydrogen-bond donors (Lipinski definition) is 0. The average Bonchev–Trinajstić information content (AvgIpc) is 3.74. The van der Waals surface area contributed by atoms with Gasteiger partial charge >= 0.3 is 0 Å². The number of nitrogens with zero attached hydrogens (tertiary/aromatic N) is 2. The van der Waals surface area contributed by atoms with E-state index in [0.29, 0.717) is 0 Å². The molecule has 0 aliphatic rings. The van der Waals surface area contributed by atoms with Crippen LogP contribution >= 0.6 is 0 Å². The van der Waals surface area contributed by atoms with Crippen molar-refractivity contribution in [3.8, 4) is 0 Å². The maximum Gasteiger partial charge on any atom is 0.114 e. The van der Waals surface area contributed by atoms with Crippen LogP contribution in [-0.4, -0.2) is 0 Å². The molecule has 0 atom stereocenters.